The van der Waals surface area contributed by atoms with Gasteiger partial charge in [-0.05, 0) is 61.5 Å². The maximum absolute atomic E-state index is 10.4. The van der Waals surface area contributed by atoms with Crippen LogP contribution in [0, 0.1) is 0 Å². The Kier molecular flexibility index (Phi) is 6.65. The summed E-state index contributed by atoms with van der Waals surface area (Å²) in [5, 5.41) is 21.4. The predicted octanol–water partition coefficient (Wildman–Crippen LogP) is 3.22. The molecule has 1 aromatic rings. The van der Waals surface area contributed by atoms with E-state index < -0.39 is 29.5 Å². The SMILES string of the molecule is CC(C)(O)C(C)(C)OB(OC(C)(C)C(C)(C)O)c1cc(Cl)cnc1Cl. The topological polar surface area (TPSA) is 71.8 Å². The Morgan fingerprint density at radius 1 is 0.880 bits per heavy atom. The van der Waals surface area contributed by atoms with Gasteiger partial charge in [-0.25, -0.2) is 4.98 Å². The van der Waals surface area contributed by atoms with Gasteiger partial charge >= 0.3 is 7.12 Å². The van der Waals surface area contributed by atoms with Gasteiger partial charge in [-0.1, -0.05) is 23.2 Å². The second kappa shape index (κ2) is 7.33. The van der Waals surface area contributed by atoms with Crippen LogP contribution in [0.3, 0.4) is 0 Å². The summed E-state index contributed by atoms with van der Waals surface area (Å²) in [4.78, 5) is 4.03. The number of halogens is 2. The molecule has 1 rings (SSSR count). The van der Waals surface area contributed by atoms with Gasteiger partial charge in [0.2, 0.25) is 0 Å². The zero-order valence-corrected chi connectivity index (χ0v) is 17.7. The molecule has 0 unspecified atom stereocenters. The van der Waals surface area contributed by atoms with Crippen LogP contribution in [0.1, 0.15) is 55.4 Å². The first-order chi connectivity index (χ1) is 11.0. The summed E-state index contributed by atoms with van der Waals surface area (Å²) in [6.45, 7) is 13.5. The minimum atomic E-state index is -1.16. The lowest BCUT2D eigenvalue weighted by Crippen LogP contribution is -2.59. The molecule has 1 heterocycles. The summed E-state index contributed by atoms with van der Waals surface area (Å²) in [5.41, 5.74) is -3.88. The van der Waals surface area contributed by atoms with Crippen LogP contribution in [-0.2, 0) is 9.31 Å². The van der Waals surface area contributed by atoms with Gasteiger partial charge in [0, 0.05) is 11.7 Å². The molecule has 1 aromatic heterocycles. The van der Waals surface area contributed by atoms with Gasteiger partial charge in [-0.3, -0.25) is 0 Å². The lowest BCUT2D eigenvalue weighted by atomic mass is 9.74. The molecular formula is C17H28BCl2NO4. The molecule has 0 aliphatic heterocycles. The number of aromatic nitrogens is 1. The van der Waals surface area contributed by atoms with Crippen molar-refractivity contribution >= 4 is 35.8 Å². The highest BCUT2D eigenvalue weighted by Gasteiger charge is 2.46. The largest absolute Gasteiger partial charge is 0.498 e. The number of rotatable bonds is 7. The van der Waals surface area contributed by atoms with Crippen molar-refractivity contribution < 1.29 is 19.5 Å². The summed E-state index contributed by atoms with van der Waals surface area (Å²) in [5.74, 6) is 0. The van der Waals surface area contributed by atoms with E-state index in [0.29, 0.717) is 10.5 Å². The first-order valence-electron chi connectivity index (χ1n) is 8.09. The first kappa shape index (κ1) is 22.7. The summed E-state index contributed by atoms with van der Waals surface area (Å²) < 4.78 is 12.2. The number of pyridine rings is 1. The highest BCUT2D eigenvalue weighted by Crippen LogP contribution is 2.31. The molecule has 0 spiro atoms. The van der Waals surface area contributed by atoms with Crippen LogP contribution in [0.15, 0.2) is 12.3 Å². The summed E-state index contributed by atoms with van der Waals surface area (Å²) >= 11 is 12.3. The van der Waals surface area contributed by atoms with Crippen LogP contribution in [0.4, 0.5) is 0 Å². The van der Waals surface area contributed by atoms with Crippen LogP contribution < -0.4 is 5.46 Å². The molecule has 0 saturated carbocycles. The van der Waals surface area contributed by atoms with Crippen molar-refractivity contribution in [2.24, 2.45) is 0 Å². The van der Waals surface area contributed by atoms with Gasteiger partial charge in [-0.15, -0.1) is 0 Å². The maximum atomic E-state index is 10.4. The van der Waals surface area contributed by atoms with E-state index in [1.807, 2.05) is 0 Å². The molecule has 25 heavy (non-hydrogen) atoms. The van der Waals surface area contributed by atoms with Crippen molar-refractivity contribution in [2.45, 2.75) is 77.8 Å². The highest BCUT2D eigenvalue weighted by atomic mass is 35.5. The molecule has 5 nitrogen and oxygen atoms in total. The Morgan fingerprint density at radius 3 is 1.64 bits per heavy atom. The normalized spacial score (nSPS) is 13.9. The van der Waals surface area contributed by atoms with Crippen molar-refractivity contribution in [3.63, 3.8) is 0 Å². The molecule has 2 N–H and O–H groups in total. The zero-order chi connectivity index (χ0) is 19.8. The van der Waals surface area contributed by atoms with E-state index >= 15 is 0 Å². The van der Waals surface area contributed by atoms with E-state index in [0.717, 1.165) is 0 Å². The minimum Gasteiger partial charge on any atom is -0.399 e. The van der Waals surface area contributed by atoms with Gasteiger partial charge in [-0.2, -0.15) is 0 Å². The molecule has 0 amide bonds. The molecule has 0 saturated heterocycles. The van der Waals surface area contributed by atoms with Crippen molar-refractivity contribution in [1.29, 1.82) is 0 Å². The Labute approximate surface area is 160 Å². The van der Waals surface area contributed by atoms with Crippen molar-refractivity contribution in [1.82, 2.24) is 4.98 Å². The monoisotopic (exact) mass is 391 g/mol. The van der Waals surface area contributed by atoms with E-state index in [4.69, 9.17) is 32.5 Å². The van der Waals surface area contributed by atoms with Crippen LogP contribution in [0.25, 0.3) is 0 Å². The minimum absolute atomic E-state index is 0.174. The Morgan fingerprint density at radius 2 is 1.28 bits per heavy atom. The molecular weight excluding hydrogens is 364 g/mol. The number of aliphatic hydroxyl groups is 2. The molecule has 0 bridgehead atoms. The maximum Gasteiger partial charge on any atom is 0.498 e. The van der Waals surface area contributed by atoms with Gasteiger partial charge in [0.1, 0.15) is 5.15 Å². The third-order valence-corrected chi connectivity index (χ3v) is 5.36. The van der Waals surface area contributed by atoms with Crippen LogP contribution in [0.2, 0.25) is 10.2 Å². The average Bonchev–Trinajstić information content (AvgIpc) is 2.37. The van der Waals surface area contributed by atoms with E-state index in [2.05, 4.69) is 4.98 Å². The van der Waals surface area contributed by atoms with E-state index in [1.54, 1.807) is 61.5 Å². The standard InChI is InChI=1S/C17H28BCl2NO4/c1-14(2,22)16(5,6)24-18(25-17(7,8)15(3,4)23)12-9-11(19)10-21-13(12)20/h9-10,22-23H,1-8H3. The molecule has 0 fully saturated rings. The fraction of sp³-hybridized carbons (Fsp3) is 0.706. The smallest absolute Gasteiger partial charge is 0.399 e. The molecule has 0 atom stereocenters. The third-order valence-electron chi connectivity index (χ3n) is 4.84. The second-order valence-electron chi connectivity index (χ2n) is 8.24. The Hall–Kier alpha value is -0.365. The average molecular weight is 392 g/mol. The Balaban J connectivity index is 3.35. The van der Waals surface area contributed by atoms with E-state index in [-0.39, 0.29) is 5.15 Å². The number of hydrogen-bond donors (Lipinski definition) is 2. The summed E-state index contributed by atoms with van der Waals surface area (Å²) in [6, 6.07) is 1.60. The summed E-state index contributed by atoms with van der Waals surface area (Å²) in [6.07, 6.45) is 1.42. The molecule has 0 aliphatic carbocycles. The van der Waals surface area contributed by atoms with Crippen LogP contribution in [0.5, 0.6) is 0 Å². The van der Waals surface area contributed by atoms with Crippen LogP contribution >= 0.6 is 23.2 Å². The van der Waals surface area contributed by atoms with Gasteiger partial charge < -0.3 is 19.5 Å². The zero-order valence-electron chi connectivity index (χ0n) is 16.1. The quantitative estimate of drug-likeness (QED) is 0.551. The number of hydrogen-bond acceptors (Lipinski definition) is 5. The second-order valence-corrected chi connectivity index (χ2v) is 9.03. The highest BCUT2D eigenvalue weighted by molar-refractivity contribution is 6.65. The molecule has 8 heteroatoms. The first-order valence-corrected chi connectivity index (χ1v) is 8.85. The van der Waals surface area contributed by atoms with Crippen molar-refractivity contribution in [3.8, 4) is 0 Å². The van der Waals surface area contributed by atoms with Gasteiger partial charge in [0.25, 0.3) is 0 Å². The Bertz CT molecular complexity index is 582. The molecule has 0 aromatic carbocycles. The van der Waals surface area contributed by atoms with E-state index in [1.165, 1.54) is 6.20 Å². The third kappa shape index (κ3) is 5.55. The van der Waals surface area contributed by atoms with Gasteiger partial charge in [0.05, 0.1) is 27.4 Å². The number of nitrogens with zero attached hydrogens (tertiary/aromatic N) is 1. The summed E-state index contributed by atoms with van der Waals surface area (Å²) in [7, 11) is -0.999. The van der Waals surface area contributed by atoms with Crippen molar-refractivity contribution in [2.75, 3.05) is 0 Å². The fourth-order valence-electron chi connectivity index (χ4n) is 1.58. The van der Waals surface area contributed by atoms with Crippen LogP contribution in [-0.4, -0.2) is 44.7 Å². The molecule has 0 aliphatic rings. The molecule has 142 valence electrons. The fourth-order valence-corrected chi connectivity index (χ4v) is 1.94. The van der Waals surface area contributed by atoms with Crippen molar-refractivity contribution in [3.05, 3.63) is 22.4 Å². The molecule has 0 radical (unpaired) electrons. The van der Waals surface area contributed by atoms with Gasteiger partial charge in [0.15, 0.2) is 0 Å². The lowest BCUT2D eigenvalue weighted by Gasteiger charge is -2.43. The van der Waals surface area contributed by atoms with E-state index in [9.17, 15) is 10.2 Å². The predicted molar refractivity (Wildman–Crippen MR) is 103 cm³/mol. The lowest BCUT2D eigenvalue weighted by molar-refractivity contribution is -0.132.